The number of cyclic esters (lactones) is 1. The van der Waals surface area contributed by atoms with E-state index >= 15 is 0 Å². The van der Waals surface area contributed by atoms with Crippen molar-refractivity contribution in [2.45, 2.75) is 6.92 Å². The first-order chi connectivity index (χ1) is 10.4. The van der Waals surface area contributed by atoms with Gasteiger partial charge >= 0.3 is 12.1 Å². The Hall–Kier alpha value is -2.97. The van der Waals surface area contributed by atoms with Crippen LogP contribution in [-0.4, -0.2) is 47.6 Å². The molecule has 0 saturated carbocycles. The van der Waals surface area contributed by atoms with Crippen molar-refractivity contribution in [3.8, 4) is 0 Å². The van der Waals surface area contributed by atoms with Crippen molar-refractivity contribution in [2.75, 3.05) is 19.8 Å². The van der Waals surface area contributed by atoms with Crippen LogP contribution in [0.25, 0.3) is 0 Å². The quantitative estimate of drug-likeness (QED) is 0.463. The molecule has 2 amide bonds. The summed E-state index contributed by atoms with van der Waals surface area (Å²) in [7, 11) is 0. The molecule has 0 spiro atoms. The molecule has 0 N–H and O–H groups in total. The topological polar surface area (TPSA) is 116 Å². The molecule has 22 heavy (non-hydrogen) atoms. The van der Waals surface area contributed by atoms with Gasteiger partial charge in [0.1, 0.15) is 6.61 Å². The Bertz CT molecular complexity index is 656. The van der Waals surface area contributed by atoms with Crippen LogP contribution >= 0.6 is 0 Å². The minimum atomic E-state index is -0.885. The molecule has 0 radical (unpaired) electrons. The molecule has 1 saturated heterocycles. The second-order valence-corrected chi connectivity index (χ2v) is 4.49. The monoisotopic (exact) mass is 308 g/mol. The third-order valence-electron chi connectivity index (χ3n) is 3.03. The van der Waals surface area contributed by atoms with E-state index in [-0.39, 0.29) is 24.4 Å². The van der Waals surface area contributed by atoms with E-state index in [2.05, 4.69) is 4.74 Å². The number of ether oxygens (including phenoxy) is 2. The van der Waals surface area contributed by atoms with Crippen LogP contribution < -0.4 is 0 Å². The predicted octanol–water partition coefficient (Wildman–Crippen LogP) is 1.04. The van der Waals surface area contributed by atoms with Crippen LogP contribution in [0.1, 0.15) is 15.9 Å². The molecule has 9 nitrogen and oxygen atoms in total. The van der Waals surface area contributed by atoms with Crippen molar-refractivity contribution in [1.82, 2.24) is 4.90 Å². The maximum atomic E-state index is 11.8. The van der Waals surface area contributed by atoms with Crippen molar-refractivity contribution in [1.29, 1.82) is 0 Å². The first-order valence-corrected chi connectivity index (χ1v) is 6.29. The molecule has 2 rings (SSSR count). The van der Waals surface area contributed by atoms with Crippen LogP contribution in [0.2, 0.25) is 0 Å². The zero-order valence-corrected chi connectivity index (χ0v) is 11.6. The van der Waals surface area contributed by atoms with Gasteiger partial charge in [-0.25, -0.2) is 14.5 Å². The molecule has 0 bridgehead atoms. The van der Waals surface area contributed by atoms with E-state index in [1.54, 1.807) is 0 Å². The zero-order chi connectivity index (χ0) is 16.3. The fourth-order valence-corrected chi connectivity index (χ4v) is 1.84. The zero-order valence-electron chi connectivity index (χ0n) is 11.6. The highest BCUT2D eigenvalue weighted by Crippen LogP contribution is 2.19. The number of carbonyl (C=O) groups excluding carboxylic acids is 3. The molecular formula is C13H12N2O7. The molecule has 1 aliphatic heterocycles. The summed E-state index contributed by atoms with van der Waals surface area (Å²) in [6.45, 7) is 1.10. The molecular weight excluding hydrogens is 296 g/mol. The predicted molar refractivity (Wildman–Crippen MR) is 71.2 cm³/mol. The minimum absolute atomic E-state index is 0.0471. The van der Waals surface area contributed by atoms with Crippen molar-refractivity contribution in [2.24, 2.45) is 0 Å². The summed E-state index contributed by atoms with van der Waals surface area (Å²) in [6.07, 6.45) is -0.785. The summed E-state index contributed by atoms with van der Waals surface area (Å²) < 4.78 is 9.35. The number of imide groups is 1. The van der Waals surface area contributed by atoms with Crippen molar-refractivity contribution < 1.29 is 28.8 Å². The lowest BCUT2D eigenvalue weighted by Gasteiger charge is -2.10. The van der Waals surface area contributed by atoms with Gasteiger partial charge in [-0.2, -0.15) is 0 Å². The van der Waals surface area contributed by atoms with Gasteiger partial charge in [0.15, 0.2) is 6.61 Å². The molecule has 1 aromatic rings. The van der Waals surface area contributed by atoms with Gasteiger partial charge in [0.2, 0.25) is 0 Å². The average molecular weight is 308 g/mol. The number of esters is 1. The van der Waals surface area contributed by atoms with Crippen LogP contribution in [0.4, 0.5) is 10.5 Å². The molecule has 1 heterocycles. The SMILES string of the molecule is Cc1ccc(C(=O)OCC(=O)N2CCOC2=O)cc1[N+](=O)[O-]. The Morgan fingerprint density at radius 3 is 2.77 bits per heavy atom. The van der Waals surface area contributed by atoms with Crippen LogP contribution in [0, 0.1) is 17.0 Å². The summed E-state index contributed by atoms with van der Waals surface area (Å²) in [6, 6.07) is 3.85. The molecule has 0 aromatic heterocycles. The van der Waals surface area contributed by atoms with E-state index < -0.39 is 29.5 Å². The fraction of sp³-hybridized carbons (Fsp3) is 0.308. The van der Waals surface area contributed by atoms with E-state index in [1.807, 2.05) is 0 Å². The number of nitrogens with zero attached hydrogens (tertiary/aromatic N) is 2. The van der Waals surface area contributed by atoms with E-state index in [1.165, 1.54) is 19.1 Å². The van der Waals surface area contributed by atoms with E-state index in [0.29, 0.717) is 5.56 Å². The van der Waals surface area contributed by atoms with Gasteiger partial charge in [0, 0.05) is 11.6 Å². The highest BCUT2D eigenvalue weighted by Gasteiger charge is 2.29. The van der Waals surface area contributed by atoms with Crippen molar-refractivity contribution in [3.05, 3.63) is 39.4 Å². The van der Waals surface area contributed by atoms with E-state index in [4.69, 9.17) is 4.74 Å². The number of benzene rings is 1. The number of nitro groups is 1. The maximum Gasteiger partial charge on any atom is 0.416 e. The Kier molecular flexibility index (Phi) is 4.35. The van der Waals surface area contributed by atoms with Gasteiger partial charge in [-0.3, -0.25) is 14.9 Å². The summed E-state index contributed by atoms with van der Waals surface area (Å²) in [5.74, 6) is -1.60. The van der Waals surface area contributed by atoms with Gasteiger partial charge in [0.25, 0.3) is 11.6 Å². The van der Waals surface area contributed by atoms with Crippen LogP contribution in [0.3, 0.4) is 0 Å². The second-order valence-electron chi connectivity index (χ2n) is 4.49. The van der Waals surface area contributed by atoms with Gasteiger partial charge in [-0.05, 0) is 13.0 Å². The molecule has 1 fully saturated rings. The number of hydrogen-bond acceptors (Lipinski definition) is 7. The van der Waals surface area contributed by atoms with Crippen molar-refractivity contribution in [3.63, 3.8) is 0 Å². The molecule has 1 aromatic carbocycles. The van der Waals surface area contributed by atoms with E-state index in [0.717, 1.165) is 11.0 Å². The number of carbonyl (C=O) groups is 3. The van der Waals surface area contributed by atoms with Gasteiger partial charge in [-0.15, -0.1) is 0 Å². The molecule has 0 atom stereocenters. The Balaban J connectivity index is 2.00. The highest BCUT2D eigenvalue weighted by molar-refractivity contribution is 5.96. The Morgan fingerprint density at radius 1 is 1.45 bits per heavy atom. The third kappa shape index (κ3) is 3.19. The lowest BCUT2D eigenvalue weighted by atomic mass is 10.1. The van der Waals surface area contributed by atoms with E-state index in [9.17, 15) is 24.5 Å². The number of rotatable bonds is 4. The number of hydrogen-bond donors (Lipinski definition) is 0. The Labute approximate surface area is 124 Å². The minimum Gasteiger partial charge on any atom is -0.452 e. The average Bonchev–Trinajstić information content (AvgIpc) is 2.90. The molecule has 0 unspecified atom stereocenters. The third-order valence-corrected chi connectivity index (χ3v) is 3.03. The van der Waals surface area contributed by atoms with Gasteiger partial charge in [0.05, 0.1) is 17.0 Å². The molecule has 116 valence electrons. The summed E-state index contributed by atoms with van der Waals surface area (Å²) in [4.78, 5) is 45.6. The van der Waals surface area contributed by atoms with Crippen molar-refractivity contribution >= 4 is 23.7 Å². The largest absolute Gasteiger partial charge is 0.452 e. The second kappa shape index (κ2) is 6.20. The maximum absolute atomic E-state index is 11.8. The first-order valence-electron chi connectivity index (χ1n) is 6.29. The van der Waals surface area contributed by atoms with Gasteiger partial charge < -0.3 is 9.47 Å². The Morgan fingerprint density at radius 2 is 2.18 bits per heavy atom. The first kappa shape index (κ1) is 15.4. The highest BCUT2D eigenvalue weighted by atomic mass is 16.6. The van der Waals surface area contributed by atoms with Crippen LogP contribution in [0.5, 0.6) is 0 Å². The molecule has 1 aliphatic rings. The van der Waals surface area contributed by atoms with Gasteiger partial charge in [-0.1, -0.05) is 6.07 Å². The lowest BCUT2D eigenvalue weighted by molar-refractivity contribution is -0.385. The number of amides is 2. The summed E-state index contributed by atoms with van der Waals surface area (Å²) in [5.41, 5.74) is 0.135. The number of nitro benzene ring substituents is 1. The van der Waals surface area contributed by atoms with Crippen LogP contribution in [0.15, 0.2) is 18.2 Å². The standard InChI is InChI=1S/C13H12N2O7/c1-8-2-3-9(6-10(8)15(19)20)12(17)22-7-11(16)14-4-5-21-13(14)18/h2-3,6H,4-5,7H2,1H3. The molecule has 0 aliphatic carbocycles. The summed E-state index contributed by atoms with van der Waals surface area (Å²) in [5, 5.41) is 10.8. The summed E-state index contributed by atoms with van der Waals surface area (Å²) >= 11 is 0. The molecule has 9 heteroatoms. The fourth-order valence-electron chi connectivity index (χ4n) is 1.84. The smallest absolute Gasteiger partial charge is 0.416 e. The normalized spacial score (nSPS) is 13.7. The number of aryl methyl sites for hydroxylation is 1. The lowest BCUT2D eigenvalue weighted by Crippen LogP contribution is -2.35. The van der Waals surface area contributed by atoms with Crippen LogP contribution in [-0.2, 0) is 14.3 Å².